The Kier molecular flexibility index (Phi) is 5.41. The van der Waals surface area contributed by atoms with Crippen LogP contribution in [-0.4, -0.2) is 48.9 Å². The molecule has 1 aliphatic rings. The lowest BCUT2D eigenvalue weighted by Crippen LogP contribution is -2.47. The van der Waals surface area contributed by atoms with Crippen molar-refractivity contribution in [3.05, 3.63) is 29.8 Å². The monoisotopic (exact) mass is 303 g/mol. The molecule has 22 heavy (non-hydrogen) atoms. The normalized spacial score (nSPS) is 18.0. The number of aryl methyl sites for hydroxylation is 1. The first-order chi connectivity index (χ1) is 10.5. The van der Waals surface area contributed by atoms with E-state index in [1.54, 1.807) is 23.9 Å². The molecule has 0 spiro atoms. The number of benzene rings is 1. The van der Waals surface area contributed by atoms with Gasteiger partial charge in [-0.1, -0.05) is 19.1 Å². The molecule has 0 aromatic heterocycles. The van der Waals surface area contributed by atoms with Crippen LogP contribution in [0.1, 0.15) is 25.3 Å². The molecular weight excluding hydrogens is 278 g/mol. The Morgan fingerprint density at radius 3 is 2.55 bits per heavy atom. The highest BCUT2D eigenvalue weighted by atomic mass is 16.2. The number of amides is 3. The Morgan fingerprint density at radius 1 is 1.27 bits per heavy atom. The molecule has 120 valence electrons. The molecule has 5 nitrogen and oxygen atoms in total. The van der Waals surface area contributed by atoms with Crippen molar-refractivity contribution in [2.24, 2.45) is 5.92 Å². The van der Waals surface area contributed by atoms with Gasteiger partial charge in [-0.3, -0.25) is 4.79 Å². The van der Waals surface area contributed by atoms with Crippen LogP contribution in [0.2, 0.25) is 0 Å². The summed E-state index contributed by atoms with van der Waals surface area (Å²) < 4.78 is 0. The van der Waals surface area contributed by atoms with Crippen molar-refractivity contribution < 1.29 is 9.59 Å². The second-order valence-electron chi connectivity index (χ2n) is 6.00. The molecule has 1 aromatic carbocycles. The first-order valence-corrected chi connectivity index (χ1v) is 7.87. The molecule has 1 fully saturated rings. The number of hydrogen-bond donors (Lipinski definition) is 1. The van der Waals surface area contributed by atoms with Gasteiger partial charge < -0.3 is 15.1 Å². The Morgan fingerprint density at radius 2 is 1.95 bits per heavy atom. The number of piperidine rings is 1. The molecule has 0 saturated carbocycles. The molecule has 5 heteroatoms. The van der Waals surface area contributed by atoms with Crippen LogP contribution < -0.4 is 5.32 Å². The van der Waals surface area contributed by atoms with Crippen molar-refractivity contribution in [3.8, 4) is 0 Å². The molecule has 0 unspecified atom stereocenters. The SMILES string of the molecule is CCc1ccc(NC(=O)[C@@H]2CCCN(C(=O)N(C)C)C2)cc1. The van der Waals surface area contributed by atoms with Crippen molar-refractivity contribution in [1.29, 1.82) is 0 Å². The van der Waals surface area contributed by atoms with Crippen LogP contribution in [-0.2, 0) is 11.2 Å². The second-order valence-corrected chi connectivity index (χ2v) is 6.00. The lowest BCUT2D eigenvalue weighted by atomic mass is 9.97. The van der Waals surface area contributed by atoms with Crippen molar-refractivity contribution >= 4 is 17.6 Å². The maximum atomic E-state index is 12.4. The van der Waals surface area contributed by atoms with Gasteiger partial charge in [0.15, 0.2) is 0 Å². The van der Waals surface area contributed by atoms with Crippen molar-refractivity contribution in [2.45, 2.75) is 26.2 Å². The van der Waals surface area contributed by atoms with Gasteiger partial charge in [0, 0.05) is 32.9 Å². The molecule has 1 heterocycles. The number of nitrogens with one attached hydrogen (secondary N) is 1. The Labute approximate surface area is 132 Å². The highest BCUT2D eigenvalue weighted by molar-refractivity contribution is 5.93. The van der Waals surface area contributed by atoms with E-state index in [0.29, 0.717) is 6.54 Å². The molecular formula is C17H25N3O2. The van der Waals surface area contributed by atoms with Crippen LogP contribution in [0.3, 0.4) is 0 Å². The predicted octanol–water partition coefficient (Wildman–Crippen LogP) is 2.58. The van der Waals surface area contributed by atoms with Gasteiger partial charge >= 0.3 is 6.03 Å². The minimum atomic E-state index is -0.136. The van der Waals surface area contributed by atoms with E-state index in [0.717, 1.165) is 31.5 Å². The lowest BCUT2D eigenvalue weighted by Gasteiger charge is -2.33. The highest BCUT2D eigenvalue weighted by Gasteiger charge is 2.29. The van der Waals surface area contributed by atoms with E-state index in [2.05, 4.69) is 12.2 Å². The smallest absolute Gasteiger partial charge is 0.319 e. The molecule has 2 rings (SSSR count). The number of nitrogens with zero attached hydrogens (tertiary/aromatic N) is 2. The van der Waals surface area contributed by atoms with Gasteiger partial charge in [-0.15, -0.1) is 0 Å². The zero-order valence-electron chi connectivity index (χ0n) is 13.6. The summed E-state index contributed by atoms with van der Waals surface area (Å²) in [5, 5.41) is 2.96. The number of carbonyl (C=O) groups is 2. The summed E-state index contributed by atoms with van der Waals surface area (Å²) in [4.78, 5) is 27.7. The Hall–Kier alpha value is -2.04. The van der Waals surface area contributed by atoms with Crippen LogP contribution in [0, 0.1) is 5.92 Å². The van der Waals surface area contributed by atoms with Crippen molar-refractivity contribution in [2.75, 3.05) is 32.5 Å². The zero-order valence-corrected chi connectivity index (χ0v) is 13.6. The third-order valence-electron chi connectivity index (χ3n) is 4.07. The fourth-order valence-electron chi connectivity index (χ4n) is 2.72. The third kappa shape index (κ3) is 4.00. The van der Waals surface area contributed by atoms with E-state index < -0.39 is 0 Å². The van der Waals surface area contributed by atoms with Crippen LogP contribution >= 0.6 is 0 Å². The van der Waals surface area contributed by atoms with Gasteiger partial charge in [-0.25, -0.2) is 4.79 Å². The van der Waals surface area contributed by atoms with Gasteiger partial charge in [0.1, 0.15) is 0 Å². The fraction of sp³-hybridized carbons (Fsp3) is 0.529. The minimum absolute atomic E-state index is 0.000467. The summed E-state index contributed by atoms with van der Waals surface area (Å²) in [6, 6.07) is 7.89. The van der Waals surface area contributed by atoms with E-state index in [4.69, 9.17) is 0 Å². The molecule has 0 radical (unpaired) electrons. The first kappa shape index (κ1) is 16.3. The standard InChI is InChI=1S/C17H25N3O2/c1-4-13-7-9-15(10-8-13)18-16(21)14-6-5-11-20(12-14)17(22)19(2)3/h7-10,14H,4-6,11-12H2,1-3H3,(H,18,21)/t14-/m1/s1. The van der Waals surface area contributed by atoms with Crippen molar-refractivity contribution in [3.63, 3.8) is 0 Å². The van der Waals surface area contributed by atoms with E-state index >= 15 is 0 Å². The maximum Gasteiger partial charge on any atom is 0.319 e. The van der Waals surface area contributed by atoms with Crippen LogP contribution in [0.4, 0.5) is 10.5 Å². The van der Waals surface area contributed by atoms with E-state index in [-0.39, 0.29) is 17.9 Å². The molecule has 1 N–H and O–H groups in total. The zero-order chi connectivity index (χ0) is 16.1. The van der Waals surface area contributed by atoms with Crippen LogP contribution in [0.5, 0.6) is 0 Å². The third-order valence-corrected chi connectivity index (χ3v) is 4.07. The molecule has 3 amide bonds. The quantitative estimate of drug-likeness (QED) is 0.933. The fourth-order valence-corrected chi connectivity index (χ4v) is 2.72. The van der Waals surface area contributed by atoms with E-state index in [1.165, 1.54) is 5.56 Å². The Bertz CT molecular complexity index is 525. The van der Waals surface area contributed by atoms with Gasteiger partial charge in [0.05, 0.1) is 5.92 Å². The molecule has 0 aliphatic carbocycles. The largest absolute Gasteiger partial charge is 0.331 e. The second kappa shape index (κ2) is 7.29. The number of carbonyl (C=O) groups excluding carboxylic acids is 2. The van der Waals surface area contributed by atoms with Crippen LogP contribution in [0.25, 0.3) is 0 Å². The summed E-state index contributed by atoms with van der Waals surface area (Å²) >= 11 is 0. The number of likely N-dealkylation sites (tertiary alicyclic amines) is 1. The Balaban J connectivity index is 1.95. The number of urea groups is 1. The molecule has 1 atom stereocenters. The molecule has 1 saturated heterocycles. The van der Waals surface area contributed by atoms with Crippen molar-refractivity contribution in [1.82, 2.24) is 9.80 Å². The summed E-state index contributed by atoms with van der Waals surface area (Å²) in [6.07, 6.45) is 2.68. The van der Waals surface area contributed by atoms with E-state index in [1.807, 2.05) is 24.3 Å². The predicted molar refractivity (Wildman–Crippen MR) is 87.8 cm³/mol. The van der Waals surface area contributed by atoms with Gasteiger partial charge in [0.25, 0.3) is 0 Å². The summed E-state index contributed by atoms with van der Waals surface area (Å²) in [7, 11) is 3.47. The van der Waals surface area contributed by atoms with Crippen LogP contribution in [0.15, 0.2) is 24.3 Å². The molecule has 1 aromatic rings. The summed E-state index contributed by atoms with van der Waals surface area (Å²) in [6.45, 7) is 3.33. The first-order valence-electron chi connectivity index (χ1n) is 7.87. The lowest BCUT2D eigenvalue weighted by molar-refractivity contribution is -0.121. The van der Waals surface area contributed by atoms with Gasteiger partial charge in [-0.2, -0.15) is 0 Å². The number of anilines is 1. The summed E-state index contributed by atoms with van der Waals surface area (Å²) in [5.41, 5.74) is 2.07. The number of hydrogen-bond acceptors (Lipinski definition) is 2. The van der Waals surface area contributed by atoms with Gasteiger partial charge in [-0.05, 0) is 37.0 Å². The topological polar surface area (TPSA) is 52.7 Å². The highest BCUT2D eigenvalue weighted by Crippen LogP contribution is 2.20. The molecule has 0 bridgehead atoms. The minimum Gasteiger partial charge on any atom is -0.331 e. The average Bonchev–Trinajstić information content (AvgIpc) is 2.54. The van der Waals surface area contributed by atoms with E-state index in [9.17, 15) is 9.59 Å². The maximum absolute atomic E-state index is 12.4. The number of rotatable bonds is 3. The average molecular weight is 303 g/mol. The van der Waals surface area contributed by atoms with Gasteiger partial charge in [0.2, 0.25) is 5.91 Å². The molecule has 1 aliphatic heterocycles. The summed E-state index contributed by atoms with van der Waals surface area (Å²) in [5.74, 6) is -0.135.